The predicted octanol–water partition coefficient (Wildman–Crippen LogP) is 3.00. The van der Waals surface area contributed by atoms with E-state index in [0.29, 0.717) is 11.4 Å². The monoisotopic (exact) mass is 318 g/mol. The van der Waals surface area contributed by atoms with E-state index in [4.69, 9.17) is 4.74 Å². The maximum Gasteiger partial charge on any atom is 0.319 e. The van der Waals surface area contributed by atoms with Crippen molar-refractivity contribution in [3.05, 3.63) is 59.4 Å². The first-order valence-electron chi connectivity index (χ1n) is 7.13. The van der Waals surface area contributed by atoms with Crippen molar-refractivity contribution in [1.29, 1.82) is 0 Å². The van der Waals surface area contributed by atoms with Crippen molar-refractivity contribution in [2.45, 2.75) is 13.0 Å². The maximum atomic E-state index is 13.5. The molecule has 0 fully saturated rings. The van der Waals surface area contributed by atoms with Gasteiger partial charge in [0.25, 0.3) is 0 Å². The molecular formula is C17H19FN2O3. The lowest BCUT2D eigenvalue weighted by atomic mass is 10.1. The van der Waals surface area contributed by atoms with E-state index in [2.05, 4.69) is 10.6 Å². The van der Waals surface area contributed by atoms with Crippen LogP contribution in [0.15, 0.2) is 42.5 Å². The number of ether oxygens (including phenoxy) is 1. The summed E-state index contributed by atoms with van der Waals surface area (Å²) in [5.41, 5.74) is 1.61. The average Bonchev–Trinajstić information content (AvgIpc) is 2.55. The van der Waals surface area contributed by atoms with Crippen molar-refractivity contribution >= 4 is 11.7 Å². The lowest BCUT2D eigenvalue weighted by Gasteiger charge is -2.14. The molecule has 2 amide bonds. The molecule has 0 saturated carbocycles. The van der Waals surface area contributed by atoms with Gasteiger partial charge in [-0.15, -0.1) is 0 Å². The van der Waals surface area contributed by atoms with Gasteiger partial charge in [0.05, 0.1) is 13.2 Å². The number of aryl methyl sites for hydroxylation is 1. The Bertz CT molecular complexity index is 691. The maximum absolute atomic E-state index is 13.5. The van der Waals surface area contributed by atoms with Crippen LogP contribution in [0.25, 0.3) is 0 Å². The second-order valence-corrected chi connectivity index (χ2v) is 5.05. The van der Waals surface area contributed by atoms with E-state index in [1.165, 1.54) is 18.2 Å². The molecule has 2 rings (SSSR count). The third-order valence-electron chi connectivity index (χ3n) is 3.41. The van der Waals surface area contributed by atoms with E-state index in [1.54, 1.807) is 25.3 Å². The SMILES string of the molecule is COc1ccc(C)c(NC(=O)NCC(O)c2ccccc2F)c1. The van der Waals surface area contributed by atoms with Crippen LogP contribution in [0, 0.1) is 12.7 Å². The molecule has 0 heterocycles. The Morgan fingerprint density at radius 2 is 2.04 bits per heavy atom. The predicted molar refractivity (Wildman–Crippen MR) is 86.1 cm³/mol. The third kappa shape index (κ3) is 4.43. The van der Waals surface area contributed by atoms with Crippen LogP contribution in [0.1, 0.15) is 17.2 Å². The van der Waals surface area contributed by atoms with Crippen LogP contribution >= 0.6 is 0 Å². The van der Waals surface area contributed by atoms with E-state index >= 15 is 0 Å². The number of urea groups is 1. The zero-order valence-electron chi connectivity index (χ0n) is 13.0. The second kappa shape index (κ2) is 7.60. The van der Waals surface area contributed by atoms with Crippen molar-refractivity contribution in [1.82, 2.24) is 5.32 Å². The minimum absolute atomic E-state index is 0.101. The Balaban J connectivity index is 1.94. The van der Waals surface area contributed by atoms with Crippen LogP contribution < -0.4 is 15.4 Å². The summed E-state index contributed by atoms with van der Waals surface area (Å²) >= 11 is 0. The van der Waals surface area contributed by atoms with Crippen LogP contribution in [0.5, 0.6) is 5.75 Å². The number of carbonyl (C=O) groups is 1. The van der Waals surface area contributed by atoms with Gasteiger partial charge in [-0.3, -0.25) is 0 Å². The summed E-state index contributed by atoms with van der Waals surface area (Å²) in [6, 6.07) is 10.7. The fraction of sp³-hybridized carbons (Fsp3) is 0.235. The highest BCUT2D eigenvalue weighted by Crippen LogP contribution is 2.21. The van der Waals surface area contributed by atoms with Gasteiger partial charge in [0.1, 0.15) is 11.6 Å². The van der Waals surface area contributed by atoms with Crippen LogP contribution in [-0.4, -0.2) is 24.8 Å². The van der Waals surface area contributed by atoms with E-state index in [1.807, 2.05) is 13.0 Å². The molecule has 0 bridgehead atoms. The van der Waals surface area contributed by atoms with Crippen LogP contribution in [0.2, 0.25) is 0 Å². The minimum atomic E-state index is -1.12. The topological polar surface area (TPSA) is 70.6 Å². The van der Waals surface area contributed by atoms with Crippen molar-refractivity contribution in [3.63, 3.8) is 0 Å². The van der Waals surface area contributed by atoms with E-state index in [-0.39, 0.29) is 12.1 Å². The Hall–Kier alpha value is -2.60. The number of aliphatic hydroxyl groups is 1. The number of nitrogens with one attached hydrogen (secondary N) is 2. The number of aliphatic hydroxyl groups excluding tert-OH is 1. The Morgan fingerprint density at radius 1 is 1.30 bits per heavy atom. The number of anilines is 1. The van der Waals surface area contributed by atoms with Crippen molar-refractivity contribution in [2.75, 3.05) is 19.0 Å². The summed E-state index contributed by atoms with van der Waals surface area (Å²) in [7, 11) is 1.54. The Kier molecular flexibility index (Phi) is 5.54. The molecule has 0 saturated heterocycles. The fourth-order valence-electron chi connectivity index (χ4n) is 2.07. The largest absolute Gasteiger partial charge is 0.497 e. The quantitative estimate of drug-likeness (QED) is 0.793. The highest BCUT2D eigenvalue weighted by Gasteiger charge is 2.13. The lowest BCUT2D eigenvalue weighted by Crippen LogP contribution is -2.32. The molecule has 6 heteroatoms. The van der Waals surface area contributed by atoms with Crippen LogP contribution in [0.4, 0.5) is 14.9 Å². The van der Waals surface area contributed by atoms with Gasteiger partial charge in [-0.1, -0.05) is 24.3 Å². The summed E-state index contributed by atoms with van der Waals surface area (Å²) < 4.78 is 18.7. The molecule has 1 atom stereocenters. The van der Waals surface area contributed by atoms with Crippen molar-refractivity contribution in [2.24, 2.45) is 0 Å². The molecule has 2 aromatic rings. The summed E-state index contributed by atoms with van der Waals surface area (Å²) in [6.45, 7) is 1.75. The zero-order chi connectivity index (χ0) is 16.8. The highest BCUT2D eigenvalue weighted by atomic mass is 19.1. The number of methoxy groups -OCH3 is 1. The first-order valence-corrected chi connectivity index (χ1v) is 7.13. The molecule has 2 aromatic carbocycles. The molecular weight excluding hydrogens is 299 g/mol. The number of benzene rings is 2. The van der Waals surface area contributed by atoms with Gasteiger partial charge in [-0.05, 0) is 24.6 Å². The normalized spacial score (nSPS) is 11.7. The summed E-state index contributed by atoms with van der Waals surface area (Å²) in [5.74, 6) is 0.114. The van der Waals surface area contributed by atoms with Crippen LogP contribution in [0.3, 0.4) is 0 Å². The second-order valence-electron chi connectivity index (χ2n) is 5.05. The first-order chi connectivity index (χ1) is 11.0. The number of carbonyl (C=O) groups excluding carboxylic acids is 1. The van der Waals surface area contributed by atoms with E-state index in [9.17, 15) is 14.3 Å². The van der Waals surface area contributed by atoms with Gasteiger partial charge >= 0.3 is 6.03 Å². The summed E-state index contributed by atoms with van der Waals surface area (Å²) in [5, 5.41) is 15.1. The van der Waals surface area contributed by atoms with Gasteiger partial charge in [0.2, 0.25) is 0 Å². The summed E-state index contributed by atoms with van der Waals surface area (Å²) in [4.78, 5) is 11.9. The Morgan fingerprint density at radius 3 is 2.74 bits per heavy atom. The molecule has 1 unspecified atom stereocenters. The molecule has 0 aliphatic carbocycles. The molecule has 0 aliphatic heterocycles. The Labute approximate surface area is 134 Å². The molecule has 0 aliphatic rings. The number of amides is 2. The number of hydrogen-bond acceptors (Lipinski definition) is 3. The summed E-state index contributed by atoms with van der Waals surface area (Å²) in [6.07, 6.45) is -1.12. The van der Waals surface area contributed by atoms with E-state index in [0.717, 1.165) is 5.56 Å². The highest BCUT2D eigenvalue weighted by molar-refractivity contribution is 5.90. The van der Waals surface area contributed by atoms with E-state index < -0.39 is 18.0 Å². The van der Waals surface area contributed by atoms with Crippen molar-refractivity contribution < 1.29 is 19.0 Å². The molecule has 23 heavy (non-hydrogen) atoms. The van der Waals surface area contributed by atoms with Gasteiger partial charge in [0.15, 0.2) is 0 Å². The first kappa shape index (κ1) is 16.8. The molecule has 0 aromatic heterocycles. The lowest BCUT2D eigenvalue weighted by molar-refractivity contribution is 0.170. The zero-order valence-corrected chi connectivity index (χ0v) is 13.0. The number of rotatable bonds is 5. The van der Waals surface area contributed by atoms with Gasteiger partial charge < -0.3 is 20.5 Å². The molecule has 122 valence electrons. The van der Waals surface area contributed by atoms with Gasteiger partial charge in [0, 0.05) is 23.9 Å². The standard InChI is InChI=1S/C17H19FN2O3/c1-11-7-8-12(23-2)9-15(11)20-17(22)19-10-16(21)13-5-3-4-6-14(13)18/h3-9,16,21H,10H2,1-2H3,(H2,19,20,22). The average molecular weight is 318 g/mol. The van der Waals surface area contributed by atoms with Gasteiger partial charge in [-0.25, -0.2) is 9.18 Å². The molecule has 3 N–H and O–H groups in total. The molecule has 5 nitrogen and oxygen atoms in total. The third-order valence-corrected chi connectivity index (χ3v) is 3.41. The van der Waals surface area contributed by atoms with Gasteiger partial charge in [-0.2, -0.15) is 0 Å². The smallest absolute Gasteiger partial charge is 0.319 e. The molecule has 0 radical (unpaired) electrons. The minimum Gasteiger partial charge on any atom is -0.497 e. The number of hydrogen-bond donors (Lipinski definition) is 3. The van der Waals surface area contributed by atoms with Crippen LogP contribution in [-0.2, 0) is 0 Å². The molecule has 0 spiro atoms. The number of halogens is 1. The fourth-order valence-corrected chi connectivity index (χ4v) is 2.07. The van der Waals surface area contributed by atoms with Crippen molar-refractivity contribution in [3.8, 4) is 5.75 Å².